The number of benzene rings is 1. The van der Waals surface area contributed by atoms with Gasteiger partial charge in [0.2, 0.25) is 0 Å². The highest BCUT2D eigenvalue weighted by molar-refractivity contribution is 9.10. The van der Waals surface area contributed by atoms with E-state index in [-0.39, 0.29) is 6.10 Å². The van der Waals surface area contributed by atoms with Crippen LogP contribution in [0, 0.1) is 0 Å². The number of hydrogen-bond acceptors (Lipinski definition) is 3. The molecular formula is C13H16BrN3O. The van der Waals surface area contributed by atoms with Gasteiger partial charge in [-0.05, 0) is 31.5 Å². The van der Waals surface area contributed by atoms with Crippen molar-refractivity contribution < 1.29 is 4.74 Å². The van der Waals surface area contributed by atoms with Crippen LogP contribution in [-0.2, 0) is 6.54 Å². The Morgan fingerprint density at radius 2 is 2.22 bits per heavy atom. The average molecular weight is 310 g/mol. The van der Waals surface area contributed by atoms with E-state index in [0.29, 0.717) is 6.54 Å². The van der Waals surface area contributed by atoms with Gasteiger partial charge in [-0.1, -0.05) is 22.0 Å². The maximum Gasteiger partial charge on any atom is 0.158 e. The Hall–Kier alpha value is -1.33. The van der Waals surface area contributed by atoms with E-state index in [1.807, 2.05) is 38.2 Å². The van der Waals surface area contributed by atoms with Crippen molar-refractivity contribution in [2.75, 3.05) is 0 Å². The molecule has 2 rings (SSSR count). The minimum Gasteiger partial charge on any atom is -0.488 e. The second-order valence-corrected chi connectivity index (χ2v) is 5.12. The van der Waals surface area contributed by atoms with E-state index >= 15 is 0 Å². The first-order valence-corrected chi connectivity index (χ1v) is 6.59. The smallest absolute Gasteiger partial charge is 0.158 e. The monoisotopic (exact) mass is 309 g/mol. The molecule has 1 aromatic heterocycles. The van der Waals surface area contributed by atoms with Gasteiger partial charge < -0.3 is 10.5 Å². The summed E-state index contributed by atoms with van der Waals surface area (Å²) in [6.45, 7) is 4.50. The number of ether oxygens (including phenoxy) is 1. The first-order valence-electron chi connectivity index (χ1n) is 5.80. The Balaban J connectivity index is 2.26. The zero-order chi connectivity index (χ0) is 13.1. The Morgan fingerprint density at radius 3 is 2.83 bits per heavy atom. The molecule has 2 aromatic rings. The molecule has 2 N–H and O–H groups in total. The number of rotatable bonds is 4. The topological polar surface area (TPSA) is 53.1 Å². The van der Waals surface area contributed by atoms with Gasteiger partial charge in [0.05, 0.1) is 24.2 Å². The fraction of sp³-hybridized carbons (Fsp3) is 0.308. The Morgan fingerprint density at radius 1 is 1.44 bits per heavy atom. The van der Waals surface area contributed by atoms with Crippen LogP contribution < -0.4 is 10.5 Å². The van der Waals surface area contributed by atoms with Gasteiger partial charge in [-0.2, -0.15) is 5.10 Å². The van der Waals surface area contributed by atoms with E-state index in [2.05, 4.69) is 21.0 Å². The van der Waals surface area contributed by atoms with Gasteiger partial charge in [0, 0.05) is 11.0 Å². The fourth-order valence-electron chi connectivity index (χ4n) is 1.62. The third kappa shape index (κ3) is 2.91. The van der Waals surface area contributed by atoms with Crippen LogP contribution in [-0.4, -0.2) is 15.9 Å². The van der Waals surface area contributed by atoms with Crippen molar-refractivity contribution in [2.45, 2.75) is 26.5 Å². The Labute approximate surface area is 115 Å². The molecule has 1 aromatic carbocycles. The molecule has 0 aliphatic rings. The molecule has 1 heterocycles. The molecule has 0 bridgehead atoms. The summed E-state index contributed by atoms with van der Waals surface area (Å²) in [6.07, 6.45) is 3.73. The maximum absolute atomic E-state index is 5.63. The third-order valence-electron chi connectivity index (χ3n) is 2.45. The number of nitrogens with two attached hydrogens (primary N) is 1. The van der Waals surface area contributed by atoms with Crippen molar-refractivity contribution in [3.05, 3.63) is 40.6 Å². The van der Waals surface area contributed by atoms with Crippen LogP contribution in [0.2, 0.25) is 0 Å². The second-order valence-electron chi connectivity index (χ2n) is 4.27. The number of hydrogen-bond donors (Lipinski definition) is 1. The van der Waals surface area contributed by atoms with E-state index in [1.165, 1.54) is 0 Å². The van der Waals surface area contributed by atoms with Crippen molar-refractivity contribution in [1.29, 1.82) is 0 Å². The lowest BCUT2D eigenvalue weighted by molar-refractivity contribution is 0.242. The van der Waals surface area contributed by atoms with E-state index in [1.54, 1.807) is 10.9 Å². The summed E-state index contributed by atoms with van der Waals surface area (Å²) in [7, 11) is 0. The van der Waals surface area contributed by atoms with Gasteiger partial charge in [0.1, 0.15) is 0 Å². The summed E-state index contributed by atoms with van der Waals surface area (Å²) in [5.74, 6) is 0.768. The lowest BCUT2D eigenvalue weighted by Crippen LogP contribution is -2.04. The third-order valence-corrected chi connectivity index (χ3v) is 3.19. The maximum atomic E-state index is 5.63. The van der Waals surface area contributed by atoms with Gasteiger partial charge in [-0.3, -0.25) is 0 Å². The molecule has 96 valence electrons. The summed E-state index contributed by atoms with van der Waals surface area (Å²) in [5, 5.41) is 4.28. The number of nitrogens with zero attached hydrogens (tertiary/aromatic N) is 2. The summed E-state index contributed by atoms with van der Waals surface area (Å²) in [4.78, 5) is 0. The molecule has 0 spiro atoms. The van der Waals surface area contributed by atoms with Gasteiger partial charge in [0.15, 0.2) is 5.75 Å². The molecule has 18 heavy (non-hydrogen) atoms. The highest BCUT2D eigenvalue weighted by Crippen LogP contribution is 2.21. The normalized spacial score (nSPS) is 10.9. The zero-order valence-corrected chi connectivity index (χ0v) is 12.0. The SMILES string of the molecule is CC(C)Oc1cnn(-c2ccc(CN)c(Br)c2)c1. The quantitative estimate of drug-likeness (QED) is 0.945. The van der Waals surface area contributed by atoms with E-state index < -0.39 is 0 Å². The first kappa shape index (κ1) is 13.1. The Bertz CT molecular complexity index is 537. The van der Waals surface area contributed by atoms with Crippen molar-refractivity contribution in [3.63, 3.8) is 0 Å². The summed E-state index contributed by atoms with van der Waals surface area (Å²) >= 11 is 3.50. The van der Waals surface area contributed by atoms with Crippen LogP contribution in [0.25, 0.3) is 5.69 Å². The highest BCUT2D eigenvalue weighted by atomic mass is 79.9. The van der Waals surface area contributed by atoms with Crippen molar-refractivity contribution >= 4 is 15.9 Å². The molecule has 4 nitrogen and oxygen atoms in total. The van der Waals surface area contributed by atoms with E-state index in [0.717, 1.165) is 21.5 Å². The molecule has 0 fully saturated rings. The van der Waals surface area contributed by atoms with Gasteiger partial charge in [-0.25, -0.2) is 4.68 Å². The van der Waals surface area contributed by atoms with Crippen molar-refractivity contribution in [1.82, 2.24) is 9.78 Å². The lowest BCUT2D eigenvalue weighted by atomic mass is 10.2. The number of aromatic nitrogens is 2. The minimum atomic E-state index is 0.147. The molecule has 0 radical (unpaired) electrons. The molecule has 0 saturated carbocycles. The largest absolute Gasteiger partial charge is 0.488 e. The van der Waals surface area contributed by atoms with Gasteiger partial charge >= 0.3 is 0 Å². The Kier molecular flexibility index (Phi) is 4.04. The van der Waals surface area contributed by atoms with Crippen LogP contribution in [0.5, 0.6) is 5.75 Å². The summed E-state index contributed by atoms with van der Waals surface area (Å²) in [5.41, 5.74) is 7.67. The average Bonchev–Trinajstić information content (AvgIpc) is 2.76. The molecule has 0 atom stereocenters. The number of halogens is 1. The summed E-state index contributed by atoms with van der Waals surface area (Å²) < 4.78 is 8.35. The van der Waals surface area contributed by atoms with E-state index in [4.69, 9.17) is 10.5 Å². The van der Waals surface area contributed by atoms with Gasteiger partial charge in [0.25, 0.3) is 0 Å². The van der Waals surface area contributed by atoms with Crippen LogP contribution in [0.4, 0.5) is 0 Å². The van der Waals surface area contributed by atoms with Crippen LogP contribution in [0.3, 0.4) is 0 Å². The lowest BCUT2D eigenvalue weighted by Gasteiger charge is -2.07. The molecular weight excluding hydrogens is 294 g/mol. The van der Waals surface area contributed by atoms with Crippen LogP contribution >= 0.6 is 15.9 Å². The predicted octanol–water partition coefficient (Wildman–Crippen LogP) is 2.88. The van der Waals surface area contributed by atoms with Crippen LogP contribution in [0.15, 0.2) is 35.1 Å². The molecule has 0 unspecified atom stereocenters. The van der Waals surface area contributed by atoms with Crippen molar-refractivity contribution in [2.24, 2.45) is 5.73 Å². The standard InChI is InChI=1S/C13H16BrN3O/c1-9(2)18-12-7-16-17(8-12)11-4-3-10(6-15)13(14)5-11/h3-5,7-9H,6,15H2,1-2H3. The first-order chi connectivity index (χ1) is 8.60. The van der Waals surface area contributed by atoms with Gasteiger partial charge in [-0.15, -0.1) is 0 Å². The van der Waals surface area contributed by atoms with Crippen LogP contribution in [0.1, 0.15) is 19.4 Å². The molecule has 5 heteroatoms. The molecule has 0 saturated heterocycles. The molecule has 0 aliphatic carbocycles. The van der Waals surface area contributed by atoms with E-state index in [9.17, 15) is 0 Å². The summed E-state index contributed by atoms with van der Waals surface area (Å²) in [6, 6.07) is 5.97. The molecule has 0 amide bonds. The predicted molar refractivity (Wildman–Crippen MR) is 74.9 cm³/mol. The van der Waals surface area contributed by atoms with Crippen molar-refractivity contribution in [3.8, 4) is 11.4 Å². The fourth-order valence-corrected chi connectivity index (χ4v) is 2.15. The minimum absolute atomic E-state index is 0.147. The molecule has 0 aliphatic heterocycles. The zero-order valence-electron chi connectivity index (χ0n) is 10.4. The highest BCUT2D eigenvalue weighted by Gasteiger charge is 2.05. The second kappa shape index (κ2) is 5.54.